The van der Waals surface area contributed by atoms with Crippen LogP contribution >= 0.6 is 0 Å². The van der Waals surface area contributed by atoms with Gasteiger partial charge >= 0.3 is 0 Å². The molecule has 0 radical (unpaired) electrons. The average molecular weight is 371 g/mol. The Balaban J connectivity index is 1.36. The van der Waals surface area contributed by atoms with Gasteiger partial charge in [-0.2, -0.15) is 0 Å². The van der Waals surface area contributed by atoms with E-state index in [1.807, 2.05) is 0 Å². The van der Waals surface area contributed by atoms with Crippen LogP contribution in [0.4, 0.5) is 0 Å². The van der Waals surface area contributed by atoms with E-state index in [1.54, 1.807) is 15.8 Å². The number of nitrogens with one attached hydrogen (secondary N) is 2. The second kappa shape index (κ2) is 7.99. The number of hydrogen-bond acceptors (Lipinski definition) is 6. The quantitative estimate of drug-likeness (QED) is 0.791. The van der Waals surface area contributed by atoms with Crippen molar-refractivity contribution in [2.24, 2.45) is 0 Å². The molecule has 2 aromatic rings. The summed E-state index contributed by atoms with van der Waals surface area (Å²) in [6, 6.07) is 0.525. The van der Waals surface area contributed by atoms with Crippen molar-refractivity contribution >= 4 is 5.91 Å². The third-order valence-electron chi connectivity index (χ3n) is 5.45. The fourth-order valence-electron chi connectivity index (χ4n) is 3.87. The maximum atomic E-state index is 12.8. The number of rotatable bonds is 4. The van der Waals surface area contributed by atoms with Crippen LogP contribution in [-0.4, -0.2) is 61.4 Å². The predicted molar refractivity (Wildman–Crippen MR) is 98.4 cm³/mol. The highest BCUT2D eigenvalue weighted by atomic mass is 16.2. The molecule has 2 aliphatic heterocycles. The zero-order valence-corrected chi connectivity index (χ0v) is 15.4. The van der Waals surface area contributed by atoms with Gasteiger partial charge < -0.3 is 15.2 Å². The smallest absolute Gasteiger partial charge is 0.276 e. The Bertz CT molecular complexity index is 853. The molecule has 0 spiro atoms. The topological polar surface area (TPSA) is 109 Å². The number of H-pyrrole nitrogens is 1. The zero-order chi connectivity index (χ0) is 18.6. The molecule has 0 aliphatic carbocycles. The zero-order valence-electron chi connectivity index (χ0n) is 15.4. The summed E-state index contributed by atoms with van der Waals surface area (Å²) in [4.78, 5) is 33.3. The fraction of sp³-hybridized carbons (Fsp3) is 0.611. The molecule has 1 atom stereocenters. The van der Waals surface area contributed by atoms with Crippen molar-refractivity contribution in [1.29, 1.82) is 0 Å². The van der Waals surface area contributed by atoms with E-state index in [0.29, 0.717) is 43.2 Å². The minimum atomic E-state index is -0.138. The molecule has 0 aromatic carbocycles. The molecule has 4 rings (SSSR count). The highest BCUT2D eigenvalue weighted by molar-refractivity contribution is 5.92. The van der Waals surface area contributed by atoms with Crippen LogP contribution in [0.1, 0.15) is 47.4 Å². The first-order valence-corrected chi connectivity index (χ1v) is 9.69. The van der Waals surface area contributed by atoms with Crippen LogP contribution in [0.25, 0.3) is 0 Å². The first kappa shape index (κ1) is 17.8. The number of carbonyl (C=O) groups is 1. The summed E-state index contributed by atoms with van der Waals surface area (Å²) in [5.41, 5.74) is 1.70. The molecule has 2 aromatic heterocycles. The lowest BCUT2D eigenvalue weighted by atomic mass is 10.0. The number of fused-ring (bicyclic) bond motifs is 1. The Labute approximate surface area is 157 Å². The molecule has 1 amide bonds. The van der Waals surface area contributed by atoms with E-state index < -0.39 is 0 Å². The number of piperidine rings is 1. The van der Waals surface area contributed by atoms with Gasteiger partial charge in [-0.05, 0) is 32.2 Å². The first-order valence-electron chi connectivity index (χ1n) is 9.69. The third kappa shape index (κ3) is 4.08. The summed E-state index contributed by atoms with van der Waals surface area (Å²) in [6.45, 7) is 2.85. The van der Waals surface area contributed by atoms with Crippen molar-refractivity contribution in [3.05, 3.63) is 39.8 Å². The normalized spacial score (nSPS) is 20.1. The molecule has 9 nitrogen and oxygen atoms in total. The summed E-state index contributed by atoms with van der Waals surface area (Å²) in [6.07, 6.45) is 8.94. The van der Waals surface area contributed by atoms with Crippen LogP contribution in [0.3, 0.4) is 0 Å². The highest BCUT2D eigenvalue weighted by Crippen LogP contribution is 2.13. The van der Waals surface area contributed by atoms with Crippen molar-refractivity contribution in [1.82, 2.24) is 35.2 Å². The largest absolute Gasteiger partial charge is 0.336 e. The molecule has 4 heterocycles. The number of nitrogens with zero attached hydrogens (tertiary/aromatic N) is 5. The van der Waals surface area contributed by atoms with E-state index in [2.05, 4.69) is 25.6 Å². The number of carbonyl (C=O) groups excluding carboxylic acids is 1. The van der Waals surface area contributed by atoms with Gasteiger partial charge in [0.15, 0.2) is 5.69 Å². The number of amides is 1. The Morgan fingerprint density at radius 1 is 1.26 bits per heavy atom. The van der Waals surface area contributed by atoms with E-state index in [-0.39, 0.29) is 11.5 Å². The van der Waals surface area contributed by atoms with Crippen molar-refractivity contribution in [3.8, 4) is 0 Å². The van der Waals surface area contributed by atoms with Gasteiger partial charge in [0, 0.05) is 37.7 Å². The molecule has 27 heavy (non-hydrogen) atoms. The van der Waals surface area contributed by atoms with Crippen molar-refractivity contribution < 1.29 is 4.79 Å². The van der Waals surface area contributed by atoms with Crippen LogP contribution in [0, 0.1) is 0 Å². The summed E-state index contributed by atoms with van der Waals surface area (Å²) in [5.74, 6) is -0.138. The lowest BCUT2D eigenvalue weighted by molar-refractivity contribution is 0.0757. The number of hydrogen-bond donors (Lipinski definition) is 2. The Morgan fingerprint density at radius 2 is 2.15 bits per heavy atom. The van der Waals surface area contributed by atoms with E-state index in [9.17, 15) is 9.59 Å². The van der Waals surface area contributed by atoms with Gasteiger partial charge in [-0.3, -0.25) is 14.3 Å². The van der Waals surface area contributed by atoms with Crippen LogP contribution in [0.2, 0.25) is 0 Å². The molecule has 9 heteroatoms. The van der Waals surface area contributed by atoms with E-state index in [0.717, 1.165) is 25.2 Å². The maximum absolute atomic E-state index is 12.8. The van der Waals surface area contributed by atoms with Gasteiger partial charge in [0.1, 0.15) is 0 Å². The summed E-state index contributed by atoms with van der Waals surface area (Å²) in [5, 5.41) is 11.7. The van der Waals surface area contributed by atoms with E-state index in [4.69, 9.17) is 0 Å². The van der Waals surface area contributed by atoms with Gasteiger partial charge in [-0.15, -0.1) is 5.10 Å². The van der Waals surface area contributed by atoms with Crippen molar-refractivity contribution in [2.45, 2.75) is 51.1 Å². The van der Waals surface area contributed by atoms with Gasteiger partial charge in [0.05, 0.1) is 18.2 Å². The average Bonchev–Trinajstić information content (AvgIpc) is 3.06. The van der Waals surface area contributed by atoms with Crippen LogP contribution in [0.15, 0.2) is 17.3 Å². The number of aromatic amines is 1. The Morgan fingerprint density at radius 3 is 3.00 bits per heavy atom. The third-order valence-corrected chi connectivity index (χ3v) is 5.45. The molecule has 0 bridgehead atoms. The lowest BCUT2D eigenvalue weighted by Crippen LogP contribution is -2.34. The molecule has 0 unspecified atom stereocenters. The Kier molecular flexibility index (Phi) is 5.28. The minimum absolute atomic E-state index is 0.114. The predicted octanol–water partition coefficient (Wildman–Crippen LogP) is 0.135. The first-order chi connectivity index (χ1) is 13.2. The minimum Gasteiger partial charge on any atom is -0.336 e. The second-order valence-corrected chi connectivity index (χ2v) is 7.25. The molecule has 2 N–H and O–H groups in total. The monoisotopic (exact) mass is 371 g/mol. The van der Waals surface area contributed by atoms with Crippen LogP contribution < -0.4 is 10.9 Å². The van der Waals surface area contributed by atoms with E-state index >= 15 is 0 Å². The van der Waals surface area contributed by atoms with Crippen molar-refractivity contribution in [2.75, 3.05) is 19.6 Å². The SMILES string of the molecule is O=C(c1cn(CC[C@H]2CCCCN2)nn1)N1CCc2nc[nH]c(=O)c2CC1. The molecular formula is C18H25N7O2. The summed E-state index contributed by atoms with van der Waals surface area (Å²) < 4.78 is 1.75. The molecule has 2 aliphatic rings. The summed E-state index contributed by atoms with van der Waals surface area (Å²) >= 11 is 0. The number of aryl methyl sites for hydroxylation is 1. The molecule has 1 fully saturated rings. The van der Waals surface area contributed by atoms with E-state index in [1.165, 1.54) is 25.6 Å². The number of aromatic nitrogens is 5. The Hall–Kier alpha value is -2.55. The second-order valence-electron chi connectivity index (χ2n) is 7.25. The van der Waals surface area contributed by atoms with Gasteiger partial charge in [0.25, 0.3) is 11.5 Å². The van der Waals surface area contributed by atoms with Gasteiger partial charge in [-0.1, -0.05) is 11.6 Å². The molecular weight excluding hydrogens is 346 g/mol. The molecule has 144 valence electrons. The summed E-state index contributed by atoms with van der Waals surface area (Å²) in [7, 11) is 0. The van der Waals surface area contributed by atoms with Crippen molar-refractivity contribution in [3.63, 3.8) is 0 Å². The lowest BCUT2D eigenvalue weighted by Gasteiger charge is -2.23. The molecule has 1 saturated heterocycles. The van der Waals surface area contributed by atoms with Gasteiger partial charge in [-0.25, -0.2) is 4.98 Å². The van der Waals surface area contributed by atoms with Gasteiger partial charge in [0.2, 0.25) is 0 Å². The van der Waals surface area contributed by atoms with Crippen LogP contribution in [-0.2, 0) is 19.4 Å². The highest BCUT2D eigenvalue weighted by Gasteiger charge is 2.24. The molecule has 0 saturated carbocycles. The maximum Gasteiger partial charge on any atom is 0.276 e. The van der Waals surface area contributed by atoms with Crippen LogP contribution in [0.5, 0.6) is 0 Å². The fourth-order valence-corrected chi connectivity index (χ4v) is 3.87. The standard InChI is InChI=1S/C18H25N7O2/c26-17-14-5-8-24(9-6-15(14)20-12-21-17)18(27)16-11-25(23-22-16)10-4-13-3-1-2-7-19-13/h11-13,19H,1-10H2,(H,20,21,26)/t13-/m1/s1.